The van der Waals surface area contributed by atoms with Crippen LogP contribution in [0.5, 0.6) is 11.5 Å². The summed E-state index contributed by atoms with van der Waals surface area (Å²) in [6.45, 7) is 6.41. The van der Waals surface area contributed by atoms with Crippen LogP contribution >= 0.6 is 113 Å². The zero-order valence-corrected chi connectivity index (χ0v) is 44.1. The minimum Gasteiger partial charge on any atom is -0.507 e. The fourth-order valence-electron chi connectivity index (χ4n) is 8.72. The number of halogens is 5. The summed E-state index contributed by atoms with van der Waals surface area (Å²) in [5, 5.41) is 22.7. The number of alkyl halides is 5. The predicted molar refractivity (Wildman–Crippen MR) is 280 cm³/mol. The number of unbranched alkanes of at least 4 members (excludes halogenated alkanes) is 3. The highest BCUT2D eigenvalue weighted by molar-refractivity contribution is 14.1. The van der Waals surface area contributed by atoms with Crippen molar-refractivity contribution >= 4 is 125 Å². The predicted octanol–water partition coefficient (Wildman–Crippen LogP) is 15.1. The molecule has 2 N–H and O–H groups in total. The highest BCUT2D eigenvalue weighted by atomic mass is 127. The standard InChI is InChI=1S/C45H67I5N2O2/c1-4-5-8-17-44(19-11-24-47,20-12-25-48)38-28-34(2)42(53)36(30-38)32-51-40-15-6-7-16-41(40)52-33-37-31-39(29-35(3)43(37)54)45(21-13-26-49,22-14-27-50)18-9-10-23-46/h28-33,40-41,53-54H,4-27H2,1-3H3/t40-,41-/m0/s1. The second-order valence-electron chi connectivity index (χ2n) is 15.8. The molecule has 1 aliphatic carbocycles. The highest BCUT2D eigenvalue weighted by Gasteiger charge is 2.33. The van der Waals surface area contributed by atoms with Crippen molar-refractivity contribution in [3.05, 3.63) is 57.6 Å². The second kappa shape index (κ2) is 27.0. The van der Waals surface area contributed by atoms with Crippen LogP contribution in [0, 0.1) is 13.8 Å². The average Bonchev–Trinajstić information content (AvgIpc) is 3.18. The van der Waals surface area contributed by atoms with Crippen LogP contribution in [0.1, 0.15) is 162 Å². The third-order valence-electron chi connectivity index (χ3n) is 11.8. The van der Waals surface area contributed by atoms with Crippen LogP contribution in [-0.4, -0.2) is 56.9 Å². The van der Waals surface area contributed by atoms with Gasteiger partial charge in [-0.3, -0.25) is 9.98 Å². The first kappa shape index (κ1) is 49.4. The minimum atomic E-state index is 0.0525. The first-order chi connectivity index (χ1) is 26.1. The zero-order chi connectivity index (χ0) is 39.4. The van der Waals surface area contributed by atoms with E-state index >= 15 is 0 Å². The summed E-state index contributed by atoms with van der Waals surface area (Å²) in [4.78, 5) is 10.4. The van der Waals surface area contributed by atoms with Gasteiger partial charge in [0, 0.05) is 23.6 Å². The summed E-state index contributed by atoms with van der Waals surface area (Å²) < 4.78 is 5.88. The third kappa shape index (κ3) is 14.9. The summed E-state index contributed by atoms with van der Waals surface area (Å²) in [6, 6.07) is 9.20. The van der Waals surface area contributed by atoms with E-state index in [9.17, 15) is 10.2 Å². The van der Waals surface area contributed by atoms with Gasteiger partial charge in [0.05, 0.1) is 12.1 Å². The van der Waals surface area contributed by atoms with Gasteiger partial charge >= 0.3 is 0 Å². The zero-order valence-electron chi connectivity index (χ0n) is 33.3. The Kier molecular flexibility index (Phi) is 24.7. The largest absolute Gasteiger partial charge is 0.507 e. The maximum Gasteiger partial charge on any atom is 0.127 e. The number of hydrogen-bond donors (Lipinski definition) is 2. The third-order valence-corrected chi connectivity index (χ3v) is 15.7. The Balaban J connectivity index is 1.99. The van der Waals surface area contributed by atoms with Gasteiger partial charge in [-0.2, -0.15) is 0 Å². The molecule has 0 amide bonds. The summed E-state index contributed by atoms with van der Waals surface area (Å²) in [7, 11) is 0. The molecule has 0 radical (unpaired) electrons. The number of aryl methyl sites for hydroxylation is 2. The fraction of sp³-hybridized carbons (Fsp3) is 0.689. The van der Waals surface area contributed by atoms with Crippen molar-refractivity contribution in [2.75, 3.05) is 22.1 Å². The Bertz CT molecular complexity index is 1320. The number of hydrogen-bond acceptors (Lipinski definition) is 4. The second-order valence-corrected chi connectivity index (χ2v) is 21.2. The van der Waals surface area contributed by atoms with Gasteiger partial charge in [0.1, 0.15) is 11.5 Å². The maximum absolute atomic E-state index is 11.4. The molecule has 0 spiro atoms. The van der Waals surface area contributed by atoms with Gasteiger partial charge in [0.25, 0.3) is 0 Å². The van der Waals surface area contributed by atoms with E-state index in [1.54, 1.807) is 0 Å². The lowest BCUT2D eigenvalue weighted by molar-refractivity contribution is 0.320. The quantitative estimate of drug-likeness (QED) is 0.0427. The Morgan fingerprint density at radius 2 is 0.907 bits per heavy atom. The number of aromatic hydroxyl groups is 2. The normalized spacial score (nSPS) is 17.0. The number of phenols is 2. The van der Waals surface area contributed by atoms with Gasteiger partial charge in [-0.15, -0.1) is 0 Å². The summed E-state index contributed by atoms with van der Waals surface area (Å²) in [5.41, 5.74) is 6.63. The van der Waals surface area contributed by atoms with E-state index in [0.29, 0.717) is 11.5 Å². The van der Waals surface area contributed by atoms with Crippen molar-refractivity contribution in [2.45, 2.75) is 166 Å². The molecule has 9 heteroatoms. The van der Waals surface area contributed by atoms with Gasteiger partial charge in [0.2, 0.25) is 0 Å². The van der Waals surface area contributed by atoms with Gasteiger partial charge in [0.15, 0.2) is 0 Å². The monoisotopic (exact) mass is 1300 g/mol. The Hall–Kier alpha value is 1.03. The fourth-order valence-corrected chi connectivity index (χ4v) is 10.8. The van der Waals surface area contributed by atoms with Crippen LogP contribution in [0.4, 0.5) is 0 Å². The van der Waals surface area contributed by atoms with Crippen molar-refractivity contribution in [3.63, 3.8) is 0 Å². The average molecular weight is 1300 g/mol. The number of aliphatic imine (C=N–C) groups is 2. The first-order valence-corrected chi connectivity index (χ1v) is 28.3. The van der Waals surface area contributed by atoms with E-state index in [1.165, 1.54) is 130 Å². The molecule has 2 aromatic rings. The number of rotatable bonds is 26. The number of phenolic OH excluding ortho intramolecular Hbond substituents is 2. The Labute approximate surface area is 397 Å². The molecule has 4 nitrogen and oxygen atoms in total. The van der Waals surface area contributed by atoms with Crippen molar-refractivity contribution in [3.8, 4) is 11.5 Å². The Morgan fingerprint density at radius 1 is 0.556 bits per heavy atom. The SMILES string of the molecule is CCCCCC(CCCI)(CCCI)c1cc(C)c(O)c(C=N[C@H]2CCCC[C@@H]2N=Cc2cc(C(CCCI)(CCCI)CCCCI)cc(C)c2O)c1. The molecule has 0 aromatic heterocycles. The van der Waals surface area contributed by atoms with Gasteiger partial charge in [-0.25, -0.2) is 0 Å². The highest BCUT2D eigenvalue weighted by Crippen LogP contribution is 2.44. The molecule has 1 aliphatic rings. The molecule has 0 heterocycles. The lowest BCUT2D eigenvalue weighted by Crippen LogP contribution is -2.28. The van der Waals surface area contributed by atoms with E-state index in [-0.39, 0.29) is 22.9 Å². The summed E-state index contributed by atoms with van der Waals surface area (Å²) in [5.74, 6) is 0.708. The lowest BCUT2D eigenvalue weighted by Gasteiger charge is -2.36. The molecule has 54 heavy (non-hydrogen) atoms. The van der Waals surface area contributed by atoms with Crippen molar-refractivity contribution in [1.29, 1.82) is 0 Å². The van der Waals surface area contributed by atoms with Crippen LogP contribution in [0.3, 0.4) is 0 Å². The maximum atomic E-state index is 11.4. The van der Waals surface area contributed by atoms with Crippen molar-refractivity contribution in [2.24, 2.45) is 9.98 Å². The molecule has 2 atom stereocenters. The molecular formula is C45H67I5N2O2. The van der Waals surface area contributed by atoms with Crippen LogP contribution < -0.4 is 0 Å². The summed E-state index contributed by atoms with van der Waals surface area (Å²) in [6.07, 6.45) is 26.5. The molecule has 1 saturated carbocycles. The first-order valence-electron chi connectivity index (χ1n) is 20.7. The molecule has 0 unspecified atom stereocenters. The van der Waals surface area contributed by atoms with Crippen LogP contribution in [0.25, 0.3) is 0 Å². The molecule has 2 aromatic carbocycles. The van der Waals surface area contributed by atoms with Gasteiger partial charge in [-0.05, 0) is 165 Å². The van der Waals surface area contributed by atoms with Crippen LogP contribution in [0.2, 0.25) is 0 Å². The molecule has 0 bridgehead atoms. The molecule has 1 fully saturated rings. The van der Waals surface area contributed by atoms with Crippen LogP contribution in [0.15, 0.2) is 34.3 Å². The molecule has 0 aliphatic heterocycles. The topological polar surface area (TPSA) is 65.2 Å². The summed E-state index contributed by atoms with van der Waals surface area (Å²) >= 11 is 12.6. The van der Waals surface area contributed by atoms with E-state index in [4.69, 9.17) is 9.98 Å². The van der Waals surface area contributed by atoms with E-state index < -0.39 is 0 Å². The molecule has 0 saturated heterocycles. The van der Waals surface area contributed by atoms with Gasteiger partial charge < -0.3 is 10.2 Å². The van der Waals surface area contributed by atoms with E-state index in [1.807, 2.05) is 12.4 Å². The number of nitrogens with zero attached hydrogens (tertiary/aromatic N) is 2. The van der Waals surface area contributed by atoms with E-state index in [2.05, 4.69) is 158 Å². The Morgan fingerprint density at radius 3 is 1.26 bits per heavy atom. The van der Waals surface area contributed by atoms with Crippen molar-refractivity contribution < 1.29 is 10.2 Å². The van der Waals surface area contributed by atoms with Crippen molar-refractivity contribution in [1.82, 2.24) is 0 Å². The van der Waals surface area contributed by atoms with Gasteiger partial charge in [-0.1, -0.05) is 171 Å². The van der Waals surface area contributed by atoms with Crippen LogP contribution in [-0.2, 0) is 10.8 Å². The smallest absolute Gasteiger partial charge is 0.127 e. The van der Waals surface area contributed by atoms with E-state index in [0.717, 1.165) is 47.9 Å². The lowest BCUT2D eigenvalue weighted by atomic mass is 9.69. The molecule has 304 valence electrons. The minimum absolute atomic E-state index is 0.0525. The molecule has 3 rings (SSSR count). The number of benzene rings is 2. The molecular weight excluding hydrogens is 1240 g/mol.